The fourth-order valence-corrected chi connectivity index (χ4v) is 1.72. The van der Waals surface area contributed by atoms with Crippen LogP contribution in [0.1, 0.15) is 18.0 Å². The van der Waals surface area contributed by atoms with Crippen LogP contribution in [0.2, 0.25) is 0 Å². The maximum Gasteiger partial charge on any atom is 0.307 e. The molecule has 1 aromatic carbocycles. The van der Waals surface area contributed by atoms with Gasteiger partial charge in [0.1, 0.15) is 6.04 Å². The lowest BCUT2D eigenvalue weighted by molar-refractivity contribution is -0.141. The highest BCUT2D eigenvalue weighted by Crippen LogP contribution is 2.17. The third kappa shape index (κ3) is 4.99. The maximum atomic E-state index is 11.9. The number of benzene rings is 1. The highest BCUT2D eigenvalue weighted by atomic mass is 16.5. The zero-order valence-electron chi connectivity index (χ0n) is 11.7. The molecule has 0 aromatic heterocycles. The first-order chi connectivity index (χ1) is 9.58. The molecule has 6 nitrogen and oxygen atoms in total. The lowest BCUT2D eigenvalue weighted by Gasteiger charge is -2.20. The van der Waals surface area contributed by atoms with Crippen LogP contribution in [0.5, 0.6) is 0 Å². The molecule has 0 saturated heterocycles. The van der Waals surface area contributed by atoms with Gasteiger partial charge in [-0.2, -0.15) is 0 Å². The summed E-state index contributed by atoms with van der Waals surface area (Å²) in [5, 5.41) is 2.74. The van der Waals surface area contributed by atoms with Gasteiger partial charge in [-0.25, -0.2) is 0 Å². The van der Waals surface area contributed by atoms with Crippen molar-refractivity contribution in [2.75, 3.05) is 20.8 Å². The fourth-order valence-electron chi connectivity index (χ4n) is 1.72. The Morgan fingerprint density at radius 3 is 2.45 bits per heavy atom. The van der Waals surface area contributed by atoms with Crippen molar-refractivity contribution < 1.29 is 19.1 Å². The number of carbonyl (C=O) groups is 2. The van der Waals surface area contributed by atoms with Crippen LogP contribution in [-0.4, -0.2) is 38.7 Å². The van der Waals surface area contributed by atoms with Crippen LogP contribution in [0.3, 0.4) is 0 Å². The lowest BCUT2D eigenvalue weighted by Crippen LogP contribution is -2.45. The normalized spacial score (nSPS) is 13.3. The SMILES string of the molecule is COCC(N)C(=O)NC(CC(=O)OC)c1ccccc1. The minimum absolute atomic E-state index is 0.0476. The van der Waals surface area contributed by atoms with Gasteiger partial charge in [-0.1, -0.05) is 30.3 Å². The zero-order chi connectivity index (χ0) is 15.0. The molecule has 2 unspecified atom stereocenters. The average Bonchev–Trinajstić information content (AvgIpc) is 2.47. The van der Waals surface area contributed by atoms with E-state index in [2.05, 4.69) is 10.1 Å². The van der Waals surface area contributed by atoms with Gasteiger partial charge >= 0.3 is 5.97 Å². The van der Waals surface area contributed by atoms with Crippen molar-refractivity contribution in [3.63, 3.8) is 0 Å². The van der Waals surface area contributed by atoms with Crippen LogP contribution in [0, 0.1) is 0 Å². The van der Waals surface area contributed by atoms with Gasteiger partial charge in [0, 0.05) is 7.11 Å². The average molecular weight is 280 g/mol. The van der Waals surface area contributed by atoms with E-state index in [1.807, 2.05) is 30.3 Å². The van der Waals surface area contributed by atoms with Crippen LogP contribution >= 0.6 is 0 Å². The molecule has 1 amide bonds. The summed E-state index contributed by atoms with van der Waals surface area (Å²) in [6, 6.07) is 7.94. The van der Waals surface area contributed by atoms with E-state index in [9.17, 15) is 9.59 Å². The zero-order valence-corrected chi connectivity index (χ0v) is 11.7. The number of ether oxygens (including phenoxy) is 2. The van der Waals surface area contributed by atoms with Gasteiger partial charge in [-0.3, -0.25) is 9.59 Å². The quantitative estimate of drug-likeness (QED) is 0.705. The molecule has 0 aliphatic carbocycles. The molecule has 0 spiro atoms. The van der Waals surface area contributed by atoms with Gasteiger partial charge in [0.05, 0.1) is 26.2 Å². The second-order valence-corrected chi connectivity index (χ2v) is 4.31. The largest absolute Gasteiger partial charge is 0.469 e. The number of nitrogens with one attached hydrogen (secondary N) is 1. The van der Waals surface area contributed by atoms with Gasteiger partial charge in [-0.05, 0) is 5.56 Å². The van der Waals surface area contributed by atoms with Gasteiger partial charge in [-0.15, -0.1) is 0 Å². The van der Waals surface area contributed by atoms with E-state index in [4.69, 9.17) is 10.5 Å². The first kappa shape index (κ1) is 16.1. The van der Waals surface area contributed by atoms with Crippen molar-refractivity contribution in [1.82, 2.24) is 5.32 Å². The molecule has 20 heavy (non-hydrogen) atoms. The molecule has 0 fully saturated rings. The number of hydrogen-bond donors (Lipinski definition) is 2. The van der Waals surface area contributed by atoms with Crippen molar-refractivity contribution in [3.8, 4) is 0 Å². The molecule has 0 aliphatic heterocycles. The Balaban J connectivity index is 2.78. The van der Waals surface area contributed by atoms with Crippen LogP contribution in [-0.2, 0) is 19.1 Å². The maximum absolute atomic E-state index is 11.9. The topological polar surface area (TPSA) is 90.6 Å². The molecule has 0 radical (unpaired) electrons. The molecule has 0 heterocycles. The van der Waals surface area contributed by atoms with E-state index >= 15 is 0 Å². The van der Waals surface area contributed by atoms with Gasteiger partial charge in [0.25, 0.3) is 0 Å². The molecular formula is C14H20N2O4. The summed E-state index contributed by atoms with van der Waals surface area (Å²) in [6.45, 7) is 0.117. The minimum atomic E-state index is -0.774. The third-order valence-electron chi connectivity index (χ3n) is 2.80. The number of esters is 1. The molecule has 0 saturated carbocycles. The highest BCUT2D eigenvalue weighted by molar-refractivity contribution is 5.82. The Morgan fingerprint density at radius 2 is 1.90 bits per heavy atom. The molecule has 2 atom stereocenters. The number of nitrogens with two attached hydrogens (primary N) is 1. The Bertz CT molecular complexity index is 436. The highest BCUT2D eigenvalue weighted by Gasteiger charge is 2.21. The molecule has 0 bridgehead atoms. The number of rotatable bonds is 7. The van der Waals surface area contributed by atoms with Crippen molar-refractivity contribution in [2.24, 2.45) is 5.73 Å². The summed E-state index contributed by atoms with van der Waals surface area (Å²) in [5.41, 5.74) is 6.48. The summed E-state index contributed by atoms with van der Waals surface area (Å²) in [6.07, 6.45) is 0.0476. The first-order valence-electron chi connectivity index (χ1n) is 6.25. The van der Waals surface area contributed by atoms with Crippen molar-refractivity contribution in [1.29, 1.82) is 0 Å². The number of amides is 1. The number of methoxy groups -OCH3 is 2. The van der Waals surface area contributed by atoms with E-state index in [1.54, 1.807) is 0 Å². The fraction of sp³-hybridized carbons (Fsp3) is 0.429. The summed E-state index contributed by atoms with van der Waals surface area (Å²) in [4.78, 5) is 23.4. The van der Waals surface area contributed by atoms with E-state index in [-0.39, 0.29) is 18.9 Å². The minimum Gasteiger partial charge on any atom is -0.469 e. The monoisotopic (exact) mass is 280 g/mol. The van der Waals surface area contributed by atoms with Crippen LogP contribution < -0.4 is 11.1 Å². The smallest absolute Gasteiger partial charge is 0.307 e. The Hall–Kier alpha value is -1.92. The summed E-state index contributed by atoms with van der Waals surface area (Å²) in [7, 11) is 2.78. The molecular weight excluding hydrogens is 260 g/mol. The third-order valence-corrected chi connectivity index (χ3v) is 2.80. The van der Waals surface area contributed by atoms with Gasteiger partial charge < -0.3 is 20.5 Å². The molecule has 6 heteroatoms. The van der Waals surface area contributed by atoms with Gasteiger partial charge in [0.2, 0.25) is 5.91 Å². The molecule has 110 valence electrons. The van der Waals surface area contributed by atoms with E-state index < -0.39 is 18.1 Å². The van der Waals surface area contributed by atoms with Crippen molar-refractivity contribution >= 4 is 11.9 Å². The molecule has 1 rings (SSSR count). The van der Waals surface area contributed by atoms with Crippen LogP contribution in [0.4, 0.5) is 0 Å². The number of carbonyl (C=O) groups excluding carboxylic acids is 2. The Morgan fingerprint density at radius 1 is 1.25 bits per heavy atom. The van der Waals surface area contributed by atoms with Gasteiger partial charge in [0.15, 0.2) is 0 Å². The number of hydrogen-bond acceptors (Lipinski definition) is 5. The second-order valence-electron chi connectivity index (χ2n) is 4.31. The molecule has 1 aromatic rings. The van der Waals surface area contributed by atoms with E-state index in [0.29, 0.717) is 0 Å². The van der Waals surface area contributed by atoms with Crippen LogP contribution in [0.15, 0.2) is 30.3 Å². The summed E-state index contributed by atoms with van der Waals surface area (Å²) < 4.78 is 9.48. The lowest BCUT2D eigenvalue weighted by atomic mass is 10.0. The predicted molar refractivity (Wildman–Crippen MR) is 73.8 cm³/mol. The van der Waals surface area contributed by atoms with E-state index in [0.717, 1.165) is 5.56 Å². The summed E-state index contributed by atoms with van der Waals surface area (Å²) >= 11 is 0. The van der Waals surface area contributed by atoms with Crippen molar-refractivity contribution in [2.45, 2.75) is 18.5 Å². The first-order valence-corrected chi connectivity index (χ1v) is 6.25. The molecule has 0 aliphatic rings. The predicted octanol–water partition coefficient (Wildman–Crippen LogP) is 0.381. The Labute approximate surface area is 118 Å². The Kier molecular flexibility index (Phi) is 6.69. The standard InChI is InChI=1S/C14H20N2O4/c1-19-9-11(15)14(18)16-12(8-13(17)20-2)10-6-4-3-5-7-10/h3-7,11-12H,8-9,15H2,1-2H3,(H,16,18). The second kappa shape index (κ2) is 8.29. The van der Waals surface area contributed by atoms with Crippen LogP contribution in [0.25, 0.3) is 0 Å². The molecule has 3 N–H and O–H groups in total. The van der Waals surface area contributed by atoms with E-state index in [1.165, 1.54) is 14.2 Å². The van der Waals surface area contributed by atoms with Crippen molar-refractivity contribution in [3.05, 3.63) is 35.9 Å². The summed E-state index contributed by atoms with van der Waals surface area (Å²) in [5.74, 6) is -0.774.